The van der Waals surface area contributed by atoms with E-state index >= 15 is 0 Å². The first-order valence-electron chi connectivity index (χ1n) is 11.5. The second-order valence-electron chi connectivity index (χ2n) is 8.68. The first-order valence-corrected chi connectivity index (χ1v) is 11.5. The molecular formula is C25H32N6O. The highest BCUT2D eigenvalue weighted by atomic mass is 16.2. The van der Waals surface area contributed by atoms with Gasteiger partial charge < -0.3 is 9.80 Å². The summed E-state index contributed by atoms with van der Waals surface area (Å²) in [7, 11) is 0. The summed E-state index contributed by atoms with van der Waals surface area (Å²) >= 11 is 0. The molecule has 0 bridgehead atoms. The fraction of sp³-hybridized carbons (Fsp3) is 0.440. The van der Waals surface area contributed by atoms with Crippen molar-refractivity contribution in [3.8, 4) is 5.69 Å². The topological polar surface area (TPSA) is 67.2 Å². The number of aryl methyl sites for hydroxylation is 3. The Morgan fingerprint density at radius 2 is 1.88 bits per heavy atom. The van der Waals surface area contributed by atoms with Gasteiger partial charge in [0.25, 0.3) is 5.91 Å². The second kappa shape index (κ2) is 9.51. The zero-order valence-corrected chi connectivity index (χ0v) is 19.5. The Balaban J connectivity index is 1.57. The Bertz CT molecular complexity index is 1080. The zero-order chi connectivity index (χ0) is 22.7. The molecule has 0 unspecified atom stereocenters. The average molecular weight is 433 g/mol. The van der Waals surface area contributed by atoms with Gasteiger partial charge in [-0.15, -0.1) is 0 Å². The highest BCUT2D eigenvalue weighted by molar-refractivity contribution is 5.98. The van der Waals surface area contributed by atoms with Crippen LogP contribution in [-0.4, -0.2) is 56.5 Å². The van der Waals surface area contributed by atoms with E-state index in [0.29, 0.717) is 17.8 Å². The van der Waals surface area contributed by atoms with Gasteiger partial charge in [-0.2, -0.15) is 15.0 Å². The lowest BCUT2D eigenvalue weighted by atomic mass is 10.1. The monoisotopic (exact) mass is 432 g/mol. The standard InChI is InChI=1S/C25H32N6O/c1-5-6-21-16-24(26-17-19(21)3)29-12-9-20(4)30(14-13-29)25(32)22-15-18(2)7-8-23(22)31-27-10-11-28-31/h7-8,10-11,15-17,20H,5-6,9,12-14H2,1-4H3/t20-/m1/s1. The normalized spacial score (nSPS) is 16.8. The molecule has 1 aliphatic heterocycles. The summed E-state index contributed by atoms with van der Waals surface area (Å²) in [5.41, 5.74) is 5.00. The minimum Gasteiger partial charge on any atom is -0.355 e. The number of hydrogen-bond donors (Lipinski definition) is 0. The van der Waals surface area contributed by atoms with E-state index < -0.39 is 0 Å². The number of rotatable bonds is 5. The SMILES string of the molecule is CCCc1cc(N2CC[C@@H](C)N(C(=O)c3cc(C)ccc3-n3nccn3)CC2)ncc1C. The van der Waals surface area contributed by atoms with E-state index in [9.17, 15) is 4.79 Å². The van der Waals surface area contributed by atoms with E-state index in [1.165, 1.54) is 15.9 Å². The molecule has 0 spiro atoms. The van der Waals surface area contributed by atoms with E-state index in [0.717, 1.165) is 43.7 Å². The summed E-state index contributed by atoms with van der Waals surface area (Å²) in [6.45, 7) is 10.8. The van der Waals surface area contributed by atoms with Crippen LogP contribution in [0.5, 0.6) is 0 Å². The van der Waals surface area contributed by atoms with Crippen molar-refractivity contribution in [2.24, 2.45) is 0 Å². The summed E-state index contributed by atoms with van der Waals surface area (Å²) < 4.78 is 0. The highest BCUT2D eigenvalue weighted by Gasteiger charge is 2.28. The van der Waals surface area contributed by atoms with Gasteiger partial charge >= 0.3 is 0 Å². The van der Waals surface area contributed by atoms with Crippen molar-refractivity contribution < 1.29 is 4.79 Å². The van der Waals surface area contributed by atoms with Crippen molar-refractivity contribution in [3.05, 3.63) is 65.1 Å². The largest absolute Gasteiger partial charge is 0.355 e. The van der Waals surface area contributed by atoms with Crippen molar-refractivity contribution >= 4 is 11.7 Å². The number of benzene rings is 1. The fourth-order valence-corrected chi connectivity index (χ4v) is 4.34. The molecule has 2 aromatic heterocycles. The van der Waals surface area contributed by atoms with Crippen LogP contribution >= 0.6 is 0 Å². The van der Waals surface area contributed by atoms with Gasteiger partial charge in [0.05, 0.1) is 23.6 Å². The predicted molar refractivity (Wildman–Crippen MR) is 126 cm³/mol. The van der Waals surface area contributed by atoms with Gasteiger partial charge in [-0.25, -0.2) is 4.98 Å². The van der Waals surface area contributed by atoms with Crippen molar-refractivity contribution in [1.82, 2.24) is 24.9 Å². The van der Waals surface area contributed by atoms with Crippen LogP contribution < -0.4 is 4.90 Å². The number of hydrogen-bond acceptors (Lipinski definition) is 5. The van der Waals surface area contributed by atoms with Gasteiger partial charge in [-0.05, 0) is 62.9 Å². The zero-order valence-electron chi connectivity index (χ0n) is 19.5. The van der Waals surface area contributed by atoms with Crippen molar-refractivity contribution in [1.29, 1.82) is 0 Å². The molecule has 168 valence electrons. The maximum absolute atomic E-state index is 13.7. The highest BCUT2D eigenvalue weighted by Crippen LogP contribution is 2.24. The van der Waals surface area contributed by atoms with Crippen LogP contribution in [0.4, 0.5) is 5.82 Å². The molecule has 32 heavy (non-hydrogen) atoms. The molecule has 1 saturated heterocycles. The van der Waals surface area contributed by atoms with E-state index in [2.05, 4.69) is 41.9 Å². The average Bonchev–Trinajstić information content (AvgIpc) is 3.25. The molecule has 1 fully saturated rings. The first kappa shape index (κ1) is 22.0. The van der Waals surface area contributed by atoms with Crippen LogP contribution in [0.15, 0.2) is 42.9 Å². The second-order valence-corrected chi connectivity index (χ2v) is 8.68. The minimum atomic E-state index is 0.0267. The fourth-order valence-electron chi connectivity index (χ4n) is 4.34. The third-order valence-electron chi connectivity index (χ3n) is 6.28. The summed E-state index contributed by atoms with van der Waals surface area (Å²) in [4.78, 5) is 24.2. The van der Waals surface area contributed by atoms with Gasteiger partial charge in [0.2, 0.25) is 0 Å². The van der Waals surface area contributed by atoms with Gasteiger partial charge in [-0.1, -0.05) is 25.0 Å². The Labute approximate surface area is 190 Å². The smallest absolute Gasteiger partial charge is 0.256 e. The minimum absolute atomic E-state index is 0.0267. The quantitative estimate of drug-likeness (QED) is 0.610. The number of aromatic nitrogens is 4. The maximum Gasteiger partial charge on any atom is 0.256 e. The lowest BCUT2D eigenvalue weighted by Crippen LogP contribution is -2.40. The number of amides is 1. The van der Waals surface area contributed by atoms with Gasteiger partial charge in [0.15, 0.2) is 0 Å². The molecule has 1 amide bonds. The summed E-state index contributed by atoms with van der Waals surface area (Å²) in [6, 6.07) is 8.20. The Morgan fingerprint density at radius 1 is 1.09 bits per heavy atom. The van der Waals surface area contributed by atoms with Gasteiger partial charge in [0.1, 0.15) is 5.82 Å². The molecule has 4 rings (SSSR count). The van der Waals surface area contributed by atoms with Crippen LogP contribution in [0.2, 0.25) is 0 Å². The third-order valence-corrected chi connectivity index (χ3v) is 6.28. The number of pyridine rings is 1. The van der Waals surface area contributed by atoms with Crippen LogP contribution in [-0.2, 0) is 6.42 Å². The molecule has 0 aliphatic carbocycles. The number of nitrogens with zero attached hydrogens (tertiary/aromatic N) is 6. The molecule has 1 aromatic carbocycles. The molecule has 0 N–H and O–H groups in total. The Kier molecular flexibility index (Phi) is 6.53. The summed E-state index contributed by atoms with van der Waals surface area (Å²) in [5, 5.41) is 8.48. The van der Waals surface area contributed by atoms with Gasteiger partial charge in [-0.3, -0.25) is 4.79 Å². The van der Waals surface area contributed by atoms with Crippen molar-refractivity contribution in [2.75, 3.05) is 24.5 Å². The van der Waals surface area contributed by atoms with E-state index in [4.69, 9.17) is 4.98 Å². The molecule has 3 heterocycles. The Morgan fingerprint density at radius 3 is 2.62 bits per heavy atom. The number of carbonyl (C=O) groups excluding carboxylic acids is 1. The molecular weight excluding hydrogens is 400 g/mol. The summed E-state index contributed by atoms with van der Waals surface area (Å²) in [6.07, 6.45) is 8.31. The maximum atomic E-state index is 13.7. The molecule has 1 atom stereocenters. The molecule has 3 aromatic rings. The number of carbonyl (C=O) groups is 1. The van der Waals surface area contributed by atoms with E-state index in [-0.39, 0.29) is 11.9 Å². The van der Waals surface area contributed by atoms with Crippen LogP contribution in [0.3, 0.4) is 0 Å². The molecule has 0 radical (unpaired) electrons. The van der Waals surface area contributed by atoms with E-state index in [1.54, 1.807) is 12.4 Å². The lowest BCUT2D eigenvalue weighted by Gasteiger charge is -2.27. The van der Waals surface area contributed by atoms with Crippen molar-refractivity contribution in [2.45, 2.75) is 53.0 Å². The molecule has 7 nitrogen and oxygen atoms in total. The third kappa shape index (κ3) is 4.52. The Hall–Kier alpha value is -3.22. The predicted octanol–water partition coefficient (Wildman–Crippen LogP) is 3.97. The van der Waals surface area contributed by atoms with Gasteiger partial charge in [0, 0.05) is 31.9 Å². The number of anilines is 1. The summed E-state index contributed by atoms with van der Waals surface area (Å²) in [5.74, 6) is 1.04. The molecule has 7 heteroatoms. The lowest BCUT2D eigenvalue weighted by molar-refractivity contribution is 0.0704. The molecule has 0 saturated carbocycles. The van der Waals surface area contributed by atoms with Crippen LogP contribution in [0.25, 0.3) is 5.69 Å². The van der Waals surface area contributed by atoms with Crippen LogP contribution in [0.1, 0.15) is 53.7 Å². The first-order chi connectivity index (χ1) is 15.5. The van der Waals surface area contributed by atoms with E-state index in [1.807, 2.05) is 36.2 Å². The molecule has 1 aliphatic rings. The van der Waals surface area contributed by atoms with Crippen LogP contribution in [0, 0.1) is 13.8 Å². The van der Waals surface area contributed by atoms with Crippen molar-refractivity contribution in [3.63, 3.8) is 0 Å².